The van der Waals surface area contributed by atoms with Crippen LogP contribution in [0.15, 0.2) is 6.07 Å². The molecule has 0 fully saturated rings. The lowest BCUT2D eigenvalue weighted by atomic mass is 9.88. The number of nitrogens with zero attached hydrogens (tertiary/aromatic N) is 2. The van der Waals surface area contributed by atoms with Gasteiger partial charge in [-0.2, -0.15) is 5.10 Å². The summed E-state index contributed by atoms with van der Waals surface area (Å²) in [6.07, 6.45) is 0. The number of nitrogens with two attached hydrogens (primary N) is 1. The summed E-state index contributed by atoms with van der Waals surface area (Å²) in [6, 6.07) is 1.84. The summed E-state index contributed by atoms with van der Waals surface area (Å²) in [7, 11) is 1.86. The molecule has 3 N–H and O–H groups in total. The SMILES string of the molecule is CC(C)c1cc(C(=O)NC(C)(CN)C(C)C)nn1C.Cl. The second-order valence-corrected chi connectivity index (χ2v) is 5.96. The Balaban J connectivity index is 0.00000361. The number of carbonyl (C=O) groups is 1. The van der Waals surface area contributed by atoms with Crippen molar-refractivity contribution in [2.45, 2.75) is 46.1 Å². The number of carbonyl (C=O) groups excluding carboxylic acids is 1. The van der Waals surface area contributed by atoms with Crippen LogP contribution in [0.4, 0.5) is 0 Å². The lowest BCUT2D eigenvalue weighted by molar-refractivity contribution is 0.0877. The molecule has 1 atom stereocenters. The zero-order chi connectivity index (χ0) is 14.8. The quantitative estimate of drug-likeness (QED) is 0.874. The van der Waals surface area contributed by atoms with E-state index >= 15 is 0 Å². The molecule has 1 aromatic rings. The van der Waals surface area contributed by atoms with Gasteiger partial charge in [0.1, 0.15) is 5.69 Å². The van der Waals surface area contributed by atoms with Crippen LogP contribution < -0.4 is 11.1 Å². The smallest absolute Gasteiger partial charge is 0.272 e. The molecule has 1 unspecified atom stereocenters. The molecule has 0 saturated carbocycles. The third kappa shape index (κ3) is 3.96. The minimum absolute atomic E-state index is 0. The van der Waals surface area contributed by atoms with Gasteiger partial charge in [0.2, 0.25) is 0 Å². The Morgan fingerprint density at radius 3 is 2.35 bits per heavy atom. The fraction of sp³-hybridized carbons (Fsp3) is 0.714. The minimum atomic E-state index is -0.410. The Bertz CT molecular complexity index is 456. The van der Waals surface area contributed by atoms with Crippen molar-refractivity contribution in [1.82, 2.24) is 15.1 Å². The maximum absolute atomic E-state index is 12.3. The van der Waals surface area contributed by atoms with Crippen molar-refractivity contribution in [2.75, 3.05) is 6.54 Å². The van der Waals surface area contributed by atoms with Gasteiger partial charge in [-0.3, -0.25) is 9.48 Å². The first-order chi connectivity index (χ1) is 8.71. The summed E-state index contributed by atoms with van der Waals surface area (Å²) >= 11 is 0. The van der Waals surface area contributed by atoms with E-state index < -0.39 is 5.54 Å². The highest BCUT2D eigenvalue weighted by Crippen LogP contribution is 2.18. The Hall–Kier alpha value is -1.07. The maximum Gasteiger partial charge on any atom is 0.272 e. The average Bonchev–Trinajstić information content (AvgIpc) is 2.71. The van der Waals surface area contributed by atoms with Gasteiger partial charge in [0.25, 0.3) is 5.91 Å². The van der Waals surface area contributed by atoms with Gasteiger partial charge >= 0.3 is 0 Å². The zero-order valence-electron chi connectivity index (χ0n) is 13.2. The lowest BCUT2D eigenvalue weighted by Crippen LogP contribution is -2.55. The van der Waals surface area contributed by atoms with Crippen LogP contribution in [0, 0.1) is 5.92 Å². The molecule has 0 aliphatic rings. The zero-order valence-corrected chi connectivity index (χ0v) is 14.0. The molecular weight excluding hydrogens is 276 g/mol. The van der Waals surface area contributed by atoms with E-state index in [0.29, 0.717) is 18.2 Å². The maximum atomic E-state index is 12.3. The molecule has 1 heterocycles. The second-order valence-electron chi connectivity index (χ2n) is 5.96. The molecule has 1 rings (SSSR count). The van der Waals surface area contributed by atoms with Crippen LogP contribution in [0.5, 0.6) is 0 Å². The highest BCUT2D eigenvalue weighted by atomic mass is 35.5. The normalized spacial score (nSPS) is 14.1. The molecule has 0 spiro atoms. The number of amides is 1. The van der Waals surface area contributed by atoms with Gasteiger partial charge in [0, 0.05) is 19.3 Å². The van der Waals surface area contributed by atoms with Crippen molar-refractivity contribution >= 4 is 18.3 Å². The molecule has 0 bridgehead atoms. The van der Waals surface area contributed by atoms with Gasteiger partial charge < -0.3 is 11.1 Å². The van der Waals surface area contributed by atoms with Crippen LogP contribution in [0.3, 0.4) is 0 Å². The van der Waals surface area contributed by atoms with Gasteiger partial charge in [-0.15, -0.1) is 12.4 Å². The molecule has 0 aromatic carbocycles. The fourth-order valence-corrected chi connectivity index (χ4v) is 1.89. The summed E-state index contributed by atoms with van der Waals surface area (Å²) in [5.41, 5.74) is 6.86. The number of halogens is 1. The van der Waals surface area contributed by atoms with Crippen molar-refractivity contribution in [2.24, 2.45) is 18.7 Å². The van der Waals surface area contributed by atoms with Crippen LogP contribution in [0.2, 0.25) is 0 Å². The van der Waals surface area contributed by atoms with E-state index in [0.717, 1.165) is 5.69 Å². The van der Waals surface area contributed by atoms with Crippen LogP contribution in [0.1, 0.15) is 56.7 Å². The lowest BCUT2D eigenvalue weighted by Gasteiger charge is -2.33. The molecule has 116 valence electrons. The first kappa shape index (κ1) is 18.9. The largest absolute Gasteiger partial charge is 0.344 e. The van der Waals surface area contributed by atoms with E-state index in [1.54, 1.807) is 4.68 Å². The first-order valence-electron chi connectivity index (χ1n) is 6.77. The Morgan fingerprint density at radius 1 is 1.45 bits per heavy atom. The predicted octanol–water partition coefficient (Wildman–Crippen LogP) is 2.07. The van der Waals surface area contributed by atoms with Crippen molar-refractivity contribution in [3.63, 3.8) is 0 Å². The van der Waals surface area contributed by atoms with Gasteiger partial charge in [-0.25, -0.2) is 0 Å². The molecule has 0 aliphatic carbocycles. The summed E-state index contributed by atoms with van der Waals surface area (Å²) in [6.45, 7) is 10.6. The van der Waals surface area contributed by atoms with E-state index in [1.165, 1.54) is 0 Å². The first-order valence-corrected chi connectivity index (χ1v) is 6.77. The monoisotopic (exact) mass is 302 g/mol. The third-order valence-corrected chi connectivity index (χ3v) is 3.84. The third-order valence-electron chi connectivity index (χ3n) is 3.84. The minimum Gasteiger partial charge on any atom is -0.344 e. The van der Waals surface area contributed by atoms with E-state index in [4.69, 9.17) is 5.73 Å². The standard InChI is InChI=1S/C14H26N4O.ClH/c1-9(2)12-7-11(17-18(12)6)13(19)16-14(5,8-15)10(3)4;/h7,9-10H,8,15H2,1-6H3,(H,16,19);1H. The van der Waals surface area contributed by atoms with Crippen LogP contribution >= 0.6 is 12.4 Å². The van der Waals surface area contributed by atoms with Crippen molar-refractivity contribution in [3.05, 3.63) is 17.5 Å². The number of hydrogen-bond acceptors (Lipinski definition) is 3. The van der Waals surface area contributed by atoms with Gasteiger partial charge in [-0.1, -0.05) is 27.7 Å². The van der Waals surface area contributed by atoms with Gasteiger partial charge in [0.05, 0.1) is 5.54 Å². The summed E-state index contributed by atoms with van der Waals surface area (Å²) in [5.74, 6) is 0.434. The highest BCUT2D eigenvalue weighted by molar-refractivity contribution is 5.93. The predicted molar refractivity (Wildman–Crippen MR) is 84.3 cm³/mol. The number of aryl methyl sites for hydroxylation is 1. The molecule has 1 aromatic heterocycles. The molecule has 20 heavy (non-hydrogen) atoms. The summed E-state index contributed by atoms with van der Waals surface area (Å²) < 4.78 is 1.76. The van der Waals surface area contributed by atoms with E-state index in [9.17, 15) is 4.79 Å². The summed E-state index contributed by atoms with van der Waals surface area (Å²) in [5, 5.41) is 7.27. The van der Waals surface area contributed by atoms with E-state index in [1.807, 2.05) is 33.9 Å². The molecule has 1 amide bonds. The Morgan fingerprint density at radius 2 is 2.00 bits per heavy atom. The Kier molecular flexibility index (Phi) is 6.71. The van der Waals surface area contributed by atoms with Crippen molar-refractivity contribution < 1.29 is 4.79 Å². The van der Waals surface area contributed by atoms with Gasteiger partial charge in [-0.05, 0) is 24.8 Å². The average molecular weight is 303 g/mol. The van der Waals surface area contributed by atoms with Crippen molar-refractivity contribution in [1.29, 1.82) is 0 Å². The second kappa shape index (κ2) is 7.09. The molecule has 0 saturated heterocycles. The van der Waals surface area contributed by atoms with Crippen LogP contribution in [-0.4, -0.2) is 27.8 Å². The molecule has 0 radical (unpaired) electrons. The molecule has 6 heteroatoms. The highest BCUT2D eigenvalue weighted by Gasteiger charge is 2.30. The number of rotatable bonds is 5. The topological polar surface area (TPSA) is 72.9 Å². The summed E-state index contributed by atoms with van der Waals surface area (Å²) in [4.78, 5) is 12.3. The molecular formula is C14H27ClN4O. The fourth-order valence-electron chi connectivity index (χ4n) is 1.89. The van der Waals surface area contributed by atoms with E-state index in [2.05, 4.69) is 24.3 Å². The van der Waals surface area contributed by atoms with Gasteiger partial charge in [0.15, 0.2) is 0 Å². The Labute approximate surface area is 127 Å². The van der Waals surface area contributed by atoms with Crippen LogP contribution in [0.25, 0.3) is 0 Å². The molecule has 5 nitrogen and oxygen atoms in total. The number of hydrogen-bond donors (Lipinski definition) is 2. The van der Waals surface area contributed by atoms with Crippen molar-refractivity contribution in [3.8, 4) is 0 Å². The van der Waals surface area contributed by atoms with Crippen LogP contribution in [-0.2, 0) is 7.05 Å². The number of nitrogens with one attached hydrogen (secondary N) is 1. The van der Waals surface area contributed by atoms with E-state index in [-0.39, 0.29) is 24.2 Å². The number of aromatic nitrogens is 2. The molecule has 0 aliphatic heterocycles.